The zero-order valence-corrected chi connectivity index (χ0v) is 11.5. The molecule has 0 N–H and O–H groups in total. The van der Waals surface area contributed by atoms with Crippen LogP contribution in [0.4, 0.5) is 43.9 Å². The summed E-state index contributed by atoms with van der Waals surface area (Å²) in [7, 11) is 0. The van der Waals surface area contributed by atoms with Crippen LogP contribution in [-0.2, 0) is 10.7 Å². The van der Waals surface area contributed by atoms with Crippen LogP contribution in [0.25, 0.3) is 0 Å². The Morgan fingerprint density at radius 3 is 1.71 bits per heavy atom. The zero-order chi connectivity index (χ0) is 18.4. The van der Waals surface area contributed by atoms with Crippen LogP contribution in [0, 0.1) is 29.1 Å². The van der Waals surface area contributed by atoms with Crippen molar-refractivity contribution in [3.8, 4) is 0 Å². The molecule has 2 unspecified atom stereocenters. The van der Waals surface area contributed by atoms with Gasteiger partial charge in [0.2, 0.25) is 12.0 Å². The summed E-state index contributed by atoms with van der Waals surface area (Å²) in [5.41, 5.74) is -2.95. The van der Waals surface area contributed by atoms with Crippen LogP contribution < -0.4 is 0 Å². The fourth-order valence-electron chi connectivity index (χ4n) is 2.31. The van der Waals surface area contributed by atoms with E-state index >= 15 is 0 Å². The highest BCUT2D eigenvalue weighted by atomic mass is 19.3. The average molecular weight is 370 g/mol. The van der Waals surface area contributed by atoms with Gasteiger partial charge in [-0.05, 0) is 12.8 Å². The number of hydrogen-bond donors (Lipinski definition) is 0. The third kappa shape index (κ3) is 2.72. The lowest BCUT2D eigenvalue weighted by Crippen LogP contribution is -2.50. The van der Waals surface area contributed by atoms with Crippen molar-refractivity contribution in [3.63, 3.8) is 0 Å². The maximum absolute atomic E-state index is 13.9. The predicted octanol–water partition coefficient (Wildman–Crippen LogP) is 4.63. The van der Waals surface area contributed by atoms with Crippen LogP contribution in [0.15, 0.2) is 0 Å². The van der Waals surface area contributed by atoms with Gasteiger partial charge in [0.15, 0.2) is 23.3 Å². The summed E-state index contributed by atoms with van der Waals surface area (Å²) in [5, 5.41) is 0. The molecule has 2 atom stereocenters. The lowest BCUT2D eigenvalue weighted by atomic mass is 9.94. The van der Waals surface area contributed by atoms with Gasteiger partial charge in [-0.25, -0.2) is 35.1 Å². The molecule has 1 aromatic carbocycles. The minimum atomic E-state index is -5.70. The zero-order valence-electron chi connectivity index (χ0n) is 11.5. The van der Waals surface area contributed by atoms with Gasteiger partial charge < -0.3 is 4.74 Å². The van der Waals surface area contributed by atoms with Gasteiger partial charge in [-0.3, -0.25) is 0 Å². The molecule has 0 amide bonds. The van der Waals surface area contributed by atoms with Crippen molar-refractivity contribution < 1.29 is 48.6 Å². The Kier molecular flexibility index (Phi) is 4.77. The molecule has 1 aliphatic rings. The molecule has 1 aliphatic heterocycles. The summed E-state index contributed by atoms with van der Waals surface area (Å²) in [4.78, 5) is 0. The van der Waals surface area contributed by atoms with Crippen molar-refractivity contribution in [1.82, 2.24) is 0 Å². The largest absolute Gasteiger partial charge is 0.372 e. The number of ether oxygens (including phenoxy) is 1. The third-order valence-corrected chi connectivity index (χ3v) is 3.56. The van der Waals surface area contributed by atoms with E-state index in [1.54, 1.807) is 0 Å². The first-order chi connectivity index (χ1) is 10.9. The second-order valence-corrected chi connectivity index (χ2v) is 5.11. The van der Waals surface area contributed by atoms with Gasteiger partial charge in [0.25, 0.3) is 0 Å². The second kappa shape index (κ2) is 6.08. The Labute approximate surface area is 128 Å². The van der Waals surface area contributed by atoms with Gasteiger partial charge in [0.05, 0.1) is 0 Å². The summed E-state index contributed by atoms with van der Waals surface area (Å²) in [6, 6.07) is 0. The molecule has 1 nitrogen and oxygen atoms in total. The molecule has 1 heterocycles. The van der Waals surface area contributed by atoms with E-state index in [0.717, 1.165) is 0 Å². The van der Waals surface area contributed by atoms with E-state index in [2.05, 4.69) is 4.74 Å². The average Bonchev–Trinajstić information content (AvgIpc) is 3.05. The summed E-state index contributed by atoms with van der Waals surface area (Å²) in [5.74, 6) is -25.1. The summed E-state index contributed by atoms with van der Waals surface area (Å²) >= 11 is 0. The molecule has 136 valence electrons. The number of rotatable bonds is 4. The topological polar surface area (TPSA) is 9.23 Å². The smallest absolute Gasteiger partial charge is 0.315 e. The van der Waals surface area contributed by atoms with E-state index in [0.29, 0.717) is 0 Å². The van der Waals surface area contributed by atoms with Gasteiger partial charge in [0, 0.05) is 6.61 Å². The van der Waals surface area contributed by atoms with Gasteiger partial charge in [-0.15, -0.1) is 0 Å². The second-order valence-electron chi connectivity index (χ2n) is 5.11. The fraction of sp³-hybridized carbons (Fsp3) is 0.538. The SMILES string of the molecule is Fc1c(F)c(F)c(C(F)(F)C(F)C(F)(F)C2CCCO2)c(F)c1F. The molecule has 0 aliphatic carbocycles. The normalized spacial score (nSPS) is 20.5. The summed E-state index contributed by atoms with van der Waals surface area (Å²) in [6.45, 7) is -0.277. The van der Waals surface area contributed by atoms with Crippen LogP contribution in [0.2, 0.25) is 0 Å². The van der Waals surface area contributed by atoms with Crippen LogP contribution in [0.5, 0.6) is 0 Å². The van der Waals surface area contributed by atoms with Crippen molar-refractivity contribution in [2.24, 2.45) is 0 Å². The quantitative estimate of drug-likeness (QED) is 0.427. The molecule has 0 spiro atoms. The highest BCUT2D eigenvalue weighted by molar-refractivity contribution is 5.29. The van der Waals surface area contributed by atoms with Crippen LogP contribution >= 0.6 is 0 Å². The van der Waals surface area contributed by atoms with E-state index < -0.39 is 65.2 Å². The maximum atomic E-state index is 13.9. The Bertz CT molecular complexity index is 609. The van der Waals surface area contributed by atoms with Gasteiger partial charge >= 0.3 is 11.8 Å². The Morgan fingerprint density at radius 1 is 0.833 bits per heavy atom. The molecule has 0 bridgehead atoms. The van der Waals surface area contributed by atoms with E-state index in [-0.39, 0.29) is 13.0 Å². The standard InChI is InChI=1S/C13H8F10O/c14-6-5(7(15)9(17)10(18)8(6)16)13(22,23)11(19)12(20,21)4-2-1-3-24-4/h4,11H,1-3H2. The lowest BCUT2D eigenvalue weighted by Gasteiger charge is -2.31. The van der Waals surface area contributed by atoms with Gasteiger partial charge in [-0.2, -0.15) is 8.78 Å². The lowest BCUT2D eigenvalue weighted by molar-refractivity contribution is -0.228. The van der Waals surface area contributed by atoms with E-state index in [4.69, 9.17) is 0 Å². The minimum absolute atomic E-state index is 0.00107. The molecule has 11 heteroatoms. The van der Waals surface area contributed by atoms with Gasteiger partial charge in [-0.1, -0.05) is 0 Å². The molecule has 0 aromatic heterocycles. The molecule has 24 heavy (non-hydrogen) atoms. The third-order valence-electron chi connectivity index (χ3n) is 3.56. The van der Waals surface area contributed by atoms with Crippen LogP contribution in [0.1, 0.15) is 18.4 Å². The molecular weight excluding hydrogens is 362 g/mol. The van der Waals surface area contributed by atoms with Crippen molar-refractivity contribution in [1.29, 1.82) is 0 Å². The molecule has 1 saturated heterocycles. The van der Waals surface area contributed by atoms with Crippen LogP contribution in [-0.4, -0.2) is 24.8 Å². The van der Waals surface area contributed by atoms with Gasteiger partial charge in [0.1, 0.15) is 11.7 Å². The number of benzene rings is 1. The Hall–Kier alpha value is -1.52. The molecular formula is C13H8F10O. The molecule has 2 rings (SSSR count). The van der Waals surface area contributed by atoms with Crippen molar-refractivity contribution in [2.75, 3.05) is 6.61 Å². The van der Waals surface area contributed by atoms with Crippen LogP contribution in [0.3, 0.4) is 0 Å². The minimum Gasteiger partial charge on any atom is -0.372 e. The monoisotopic (exact) mass is 370 g/mol. The maximum Gasteiger partial charge on any atom is 0.315 e. The first-order valence-corrected chi connectivity index (χ1v) is 6.47. The van der Waals surface area contributed by atoms with Crippen molar-refractivity contribution >= 4 is 0 Å². The fourth-order valence-corrected chi connectivity index (χ4v) is 2.31. The van der Waals surface area contributed by atoms with Crippen molar-refractivity contribution in [3.05, 3.63) is 34.6 Å². The molecule has 1 fully saturated rings. The predicted molar refractivity (Wildman–Crippen MR) is 58.9 cm³/mol. The molecule has 1 aromatic rings. The van der Waals surface area contributed by atoms with E-state index in [1.165, 1.54) is 0 Å². The highest BCUT2D eigenvalue weighted by Gasteiger charge is 2.63. The van der Waals surface area contributed by atoms with Crippen molar-refractivity contribution in [2.45, 2.75) is 37.0 Å². The molecule has 0 saturated carbocycles. The first kappa shape index (κ1) is 18.8. The Balaban J connectivity index is 2.54. The molecule has 0 radical (unpaired) electrons. The summed E-state index contributed by atoms with van der Waals surface area (Å²) < 4.78 is 139. The first-order valence-electron chi connectivity index (χ1n) is 6.47. The Morgan fingerprint density at radius 2 is 1.29 bits per heavy atom. The van der Waals surface area contributed by atoms with E-state index in [1.807, 2.05) is 0 Å². The highest BCUT2D eigenvalue weighted by Crippen LogP contribution is 2.47. The summed E-state index contributed by atoms with van der Waals surface area (Å²) in [6.07, 6.45) is -7.39. The number of hydrogen-bond acceptors (Lipinski definition) is 1. The van der Waals surface area contributed by atoms with E-state index in [9.17, 15) is 43.9 Å². The number of alkyl halides is 5. The number of halogens is 10.